The Morgan fingerprint density at radius 2 is 2.00 bits per heavy atom. The van der Waals surface area contributed by atoms with Gasteiger partial charge in [0.05, 0.1) is 18.4 Å². The van der Waals surface area contributed by atoms with Crippen molar-refractivity contribution in [1.82, 2.24) is 29.7 Å². The molecule has 3 N–H and O–H groups in total. The van der Waals surface area contributed by atoms with E-state index < -0.39 is 0 Å². The number of aromatic nitrogens is 6. The van der Waals surface area contributed by atoms with Crippen molar-refractivity contribution in [2.75, 3.05) is 0 Å². The van der Waals surface area contributed by atoms with E-state index in [0.717, 1.165) is 45.5 Å². The van der Waals surface area contributed by atoms with Gasteiger partial charge in [0.1, 0.15) is 11.5 Å². The predicted octanol–water partition coefficient (Wildman–Crippen LogP) is 3.49. The van der Waals surface area contributed by atoms with Crippen LogP contribution in [0, 0.1) is 0 Å². The summed E-state index contributed by atoms with van der Waals surface area (Å²) in [7, 11) is 0. The molecule has 0 bridgehead atoms. The van der Waals surface area contributed by atoms with E-state index in [9.17, 15) is 0 Å². The lowest BCUT2D eigenvalue weighted by Crippen LogP contribution is -2.06. The van der Waals surface area contributed by atoms with Gasteiger partial charge in [0.25, 0.3) is 0 Å². The fourth-order valence-corrected chi connectivity index (χ4v) is 3.11. The molecule has 138 valence electrons. The van der Waals surface area contributed by atoms with Crippen molar-refractivity contribution in [3.8, 4) is 22.4 Å². The maximum atomic E-state index is 5.78. The van der Waals surface area contributed by atoms with Gasteiger partial charge in [-0.05, 0) is 32.4 Å². The van der Waals surface area contributed by atoms with Crippen LogP contribution in [0.5, 0.6) is 0 Å². The topological polar surface area (TPSA) is 98.3 Å². The number of hydrogen-bond donors (Lipinski definition) is 2. The summed E-state index contributed by atoms with van der Waals surface area (Å²) < 4.78 is 1.95. The molecule has 0 fully saturated rings. The van der Waals surface area contributed by atoms with E-state index in [1.807, 2.05) is 35.5 Å². The number of pyridine rings is 1. The smallest absolute Gasteiger partial charge is 0.142 e. The second-order valence-electron chi connectivity index (χ2n) is 6.84. The molecule has 7 heteroatoms. The van der Waals surface area contributed by atoms with E-state index in [2.05, 4.69) is 51.9 Å². The van der Waals surface area contributed by atoms with Crippen molar-refractivity contribution in [2.24, 2.45) is 5.73 Å². The monoisotopic (exact) mass is 361 g/mol. The molecule has 0 aliphatic heterocycles. The van der Waals surface area contributed by atoms with Gasteiger partial charge < -0.3 is 10.7 Å². The molecule has 4 rings (SSSR count). The molecule has 0 aliphatic rings. The summed E-state index contributed by atoms with van der Waals surface area (Å²) in [5.74, 6) is 0.654. The molecule has 0 amide bonds. The van der Waals surface area contributed by atoms with Crippen LogP contribution in [0.2, 0.25) is 0 Å². The molecule has 0 unspecified atom stereocenters. The molecule has 4 aromatic heterocycles. The number of nitrogens with two attached hydrogens (primary N) is 1. The molecule has 27 heavy (non-hydrogen) atoms. The van der Waals surface area contributed by atoms with Crippen LogP contribution in [-0.4, -0.2) is 29.7 Å². The van der Waals surface area contributed by atoms with Gasteiger partial charge in [-0.25, -0.2) is 15.0 Å². The van der Waals surface area contributed by atoms with Crippen molar-refractivity contribution >= 4 is 11.0 Å². The SMILES string of the molecule is CCc1cc(-c2c[nH]c3ncc(-c4cnn(C(C)C)c4)cc23)nc(CN)n1. The molecular formula is C20H23N7. The number of nitrogens with zero attached hydrogens (tertiary/aromatic N) is 5. The summed E-state index contributed by atoms with van der Waals surface area (Å²) in [6.45, 7) is 6.62. The van der Waals surface area contributed by atoms with E-state index >= 15 is 0 Å². The number of fused-ring (bicyclic) bond motifs is 1. The largest absolute Gasteiger partial charge is 0.345 e. The first-order valence-corrected chi connectivity index (χ1v) is 9.18. The Morgan fingerprint density at radius 1 is 1.15 bits per heavy atom. The number of hydrogen-bond acceptors (Lipinski definition) is 5. The molecule has 4 aromatic rings. The Hall–Kier alpha value is -3.06. The molecule has 4 heterocycles. The van der Waals surface area contributed by atoms with Gasteiger partial charge in [-0.1, -0.05) is 6.92 Å². The Bertz CT molecular complexity index is 1070. The minimum Gasteiger partial charge on any atom is -0.345 e. The van der Waals surface area contributed by atoms with Crippen LogP contribution >= 0.6 is 0 Å². The third-order valence-electron chi connectivity index (χ3n) is 4.64. The quantitative estimate of drug-likeness (QED) is 0.567. The molecule has 0 saturated heterocycles. The normalized spacial score (nSPS) is 11.6. The van der Waals surface area contributed by atoms with Gasteiger partial charge in [0.15, 0.2) is 0 Å². The highest BCUT2D eigenvalue weighted by Gasteiger charge is 2.13. The lowest BCUT2D eigenvalue weighted by Gasteiger charge is -2.06. The highest BCUT2D eigenvalue weighted by atomic mass is 15.3. The fraction of sp³-hybridized carbons (Fsp3) is 0.300. The molecule has 0 saturated carbocycles. The Kier molecular flexibility index (Phi) is 4.45. The van der Waals surface area contributed by atoms with Gasteiger partial charge in [0, 0.05) is 52.4 Å². The van der Waals surface area contributed by atoms with Gasteiger partial charge in [-0.3, -0.25) is 4.68 Å². The number of nitrogens with one attached hydrogen (secondary N) is 1. The summed E-state index contributed by atoms with van der Waals surface area (Å²) >= 11 is 0. The Balaban J connectivity index is 1.83. The van der Waals surface area contributed by atoms with E-state index in [0.29, 0.717) is 18.4 Å². The second-order valence-corrected chi connectivity index (χ2v) is 6.84. The van der Waals surface area contributed by atoms with Gasteiger partial charge in [-0.15, -0.1) is 0 Å². The van der Waals surface area contributed by atoms with Crippen molar-refractivity contribution in [2.45, 2.75) is 39.8 Å². The zero-order valence-corrected chi connectivity index (χ0v) is 15.8. The molecule has 0 atom stereocenters. The van der Waals surface area contributed by atoms with Crippen LogP contribution in [0.4, 0.5) is 0 Å². The first-order chi connectivity index (χ1) is 13.1. The third kappa shape index (κ3) is 3.21. The van der Waals surface area contributed by atoms with Crippen LogP contribution in [0.15, 0.2) is 36.9 Å². The van der Waals surface area contributed by atoms with Crippen molar-refractivity contribution < 1.29 is 0 Å². The maximum absolute atomic E-state index is 5.78. The zero-order valence-electron chi connectivity index (χ0n) is 15.8. The van der Waals surface area contributed by atoms with Crippen molar-refractivity contribution in [1.29, 1.82) is 0 Å². The van der Waals surface area contributed by atoms with Gasteiger partial charge in [0.2, 0.25) is 0 Å². The van der Waals surface area contributed by atoms with Gasteiger partial charge >= 0.3 is 0 Å². The molecule has 0 aliphatic carbocycles. The van der Waals surface area contributed by atoms with E-state index in [4.69, 9.17) is 5.73 Å². The summed E-state index contributed by atoms with van der Waals surface area (Å²) in [6, 6.07) is 4.47. The number of aromatic amines is 1. The number of H-pyrrole nitrogens is 1. The highest BCUT2D eigenvalue weighted by molar-refractivity contribution is 5.94. The fourth-order valence-electron chi connectivity index (χ4n) is 3.11. The summed E-state index contributed by atoms with van der Waals surface area (Å²) in [4.78, 5) is 16.9. The minimum atomic E-state index is 0.321. The lowest BCUT2D eigenvalue weighted by molar-refractivity contribution is 0.532. The molecule has 0 spiro atoms. The predicted molar refractivity (Wildman–Crippen MR) is 106 cm³/mol. The summed E-state index contributed by atoms with van der Waals surface area (Å²) in [5, 5.41) is 5.45. The summed E-state index contributed by atoms with van der Waals surface area (Å²) in [5.41, 5.74) is 11.5. The number of rotatable bonds is 5. The van der Waals surface area contributed by atoms with Crippen LogP contribution < -0.4 is 5.73 Å². The minimum absolute atomic E-state index is 0.321. The average Bonchev–Trinajstić information content (AvgIpc) is 3.34. The number of aryl methyl sites for hydroxylation is 1. The first kappa shape index (κ1) is 17.4. The molecular weight excluding hydrogens is 338 g/mol. The lowest BCUT2D eigenvalue weighted by atomic mass is 10.1. The van der Waals surface area contributed by atoms with E-state index in [1.165, 1.54) is 0 Å². The zero-order chi connectivity index (χ0) is 19.0. The van der Waals surface area contributed by atoms with E-state index in [-0.39, 0.29) is 0 Å². The molecule has 0 aromatic carbocycles. The van der Waals surface area contributed by atoms with Crippen molar-refractivity contribution in [3.63, 3.8) is 0 Å². The Morgan fingerprint density at radius 3 is 2.70 bits per heavy atom. The maximum Gasteiger partial charge on any atom is 0.142 e. The van der Waals surface area contributed by atoms with Crippen molar-refractivity contribution in [3.05, 3.63) is 48.4 Å². The van der Waals surface area contributed by atoms with E-state index in [1.54, 1.807) is 0 Å². The first-order valence-electron chi connectivity index (χ1n) is 9.18. The van der Waals surface area contributed by atoms with Crippen LogP contribution in [0.3, 0.4) is 0 Å². The molecule has 7 nitrogen and oxygen atoms in total. The highest BCUT2D eigenvalue weighted by Crippen LogP contribution is 2.30. The summed E-state index contributed by atoms with van der Waals surface area (Å²) in [6.07, 6.45) is 8.57. The van der Waals surface area contributed by atoms with Gasteiger partial charge in [-0.2, -0.15) is 5.10 Å². The van der Waals surface area contributed by atoms with Crippen LogP contribution in [-0.2, 0) is 13.0 Å². The van der Waals surface area contributed by atoms with Crippen LogP contribution in [0.1, 0.15) is 38.3 Å². The standard InChI is InChI=1S/C20H23N7/c1-4-15-6-18(26-19(7-21)25-15)17-10-23-20-16(17)5-13(8-22-20)14-9-24-27(11-14)12(2)3/h5-6,8-12H,4,7,21H2,1-3H3,(H,22,23). The van der Waals surface area contributed by atoms with Crippen LogP contribution in [0.25, 0.3) is 33.4 Å². The second kappa shape index (κ2) is 6.92. The Labute approximate surface area is 157 Å². The molecule has 0 radical (unpaired) electrons. The third-order valence-corrected chi connectivity index (χ3v) is 4.64. The average molecular weight is 361 g/mol.